The Morgan fingerprint density at radius 2 is 1.41 bits per heavy atom. The maximum absolute atomic E-state index is 13.4. The Morgan fingerprint density at radius 1 is 0.862 bits per heavy atom. The third-order valence-corrected chi connectivity index (χ3v) is 6.93. The summed E-state index contributed by atoms with van der Waals surface area (Å²) in [7, 11) is -3.64. The van der Waals surface area contributed by atoms with Gasteiger partial charge in [0.25, 0.3) is 0 Å². The quantitative estimate of drug-likeness (QED) is 0.762. The predicted octanol–water partition coefficient (Wildman–Crippen LogP) is 3.42. The van der Waals surface area contributed by atoms with E-state index < -0.39 is 10.2 Å². The van der Waals surface area contributed by atoms with E-state index in [-0.39, 0.29) is 24.8 Å². The molecule has 0 aromatic heterocycles. The van der Waals surface area contributed by atoms with Crippen LogP contribution in [0.5, 0.6) is 0 Å². The maximum Gasteiger partial charge on any atom is 0.331 e. The van der Waals surface area contributed by atoms with Gasteiger partial charge in [0.15, 0.2) is 0 Å². The van der Waals surface area contributed by atoms with Crippen LogP contribution in [0.3, 0.4) is 0 Å². The second-order valence-electron chi connectivity index (χ2n) is 7.40. The normalized spacial score (nSPS) is 23.1. The van der Waals surface area contributed by atoms with Gasteiger partial charge in [0.2, 0.25) is 0 Å². The molecule has 0 saturated carbocycles. The highest BCUT2D eigenvalue weighted by Crippen LogP contribution is 2.44. The molecule has 1 N–H and O–H groups in total. The summed E-state index contributed by atoms with van der Waals surface area (Å²) in [5.74, 6) is 0. The molecule has 0 amide bonds. The standard InChI is InChI=1S/C20H26N4O2S.2ClH/c1-16-14-22(15-17(2)21-16)12-13-23-19-10-6-7-11-20(19)24(27(23,25)26)18-8-4-3-5-9-18;;/h3-11,16-17,21H,12-15H2,1-2H3;2*1H. The molecular weight excluding hydrogens is 431 g/mol. The molecule has 0 radical (unpaired) electrons. The number of nitrogens with zero attached hydrogens (tertiary/aromatic N) is 3. The van der Waals surface area contributed by atoms with E-state index in [4.69, 9.17) is 0 Å². The van der Waals surface area contributed by atoms with Crippen LogP contribution in [0.25, 0.3) is 0 Å². The molecule has 2 aromatic rings. The van der Waals surface area contributed by atoms with Crippen molar-refractivity contribution in [2.24, 2.45) is 0 Å². The summed E-state index contributed by atoms with van der Waals surface area (Å²) in [5.41, 5.74) is 2.13. The lowest BCUT2D eigenvalue weighted by molar-refractivity contribution is 0.178. The summed E-state index contributed by atoms with van der Waals surface area (Å²) in [6, 6.07) is 17.6. The summed E-state index contributed by atoms with van der Waals surface area (Å²) in [4.78, 5) is 2.34. The fraction of sp³-hybridized carbons (Fsp3) is 0.400. The predicted molar refractivity (Wildman–Crippen MR) is 124 cm³/mol. The zero-order valence-corrected chi connectivity index (χ0v) is 19.0. The lowest BCUT2D eigenvalue weighted by atomic mass is 10.1. The molecule has 9 heteroatoms. The number of hydrogen-bond donors (Lipinski definition) is 1. The van der Waals surface area contributed by atoms with Gasteiger partial charge in [-0.2, -0.15) is 8.42 Å². The molecule has 1 fully saturated rings. The molecule has 2 aliphatic heterocycles. The van der Waals surface area contributed by atoms with Gasteiger partial charge >= 0.3 is 10.2 Å². The number of nitrogens with one attached hydrogen (secondary N) is 1. The van der Waals surface area contributed by atoms with Crippen molar-refractivity contribution >= 4 is 52.1 Å². The van der Waals surface area contributed by atoms with Crippen molar-refractivity contribution in [3.8, 4) is 0 Å². The summed E-state index contributed by atoms with van der Waals surface area (Å²) >= 11 is 0. The molecule has 1 saturated heterocycles. The van der Waals surface area contributed by atoms with Crippen molar-refractivity contribution in [2.75, 3.05) is 34.8 Å². The Hall–Kier alpha value is -1.51. The number of piperazine rings is 1. The van der Waals surface area contributed by atoms with Gasteiger partial charge in [0.05, 0.1) is 17.1 Å². The number of rotatable bonds is 4. The highest BCUT2D eigenvalue weighted by atomic mass is 35.5. The van der Waals surface area contributed by atoms with Crippen molar-refractivity contribution in [2.45, 2.75) is 25.9 Å². The molecule has 0 aliphatic carbocycles. The monoisotopic (exact) mass is 458 g/mol. The van der Waals surface area contributed by atoms with Crippen LogP contribution in [0.2, 0.25) is 0 Å². The highest BCUT2D eigenvalue weighted by Gasteiger charge is 2.41. The second kappa shape index (κ2) is 9.53. The van der Waals surface area contributed by atoms with Crippen molar-refractivity contribution < 1.29 is 8.42 Å². The Bertz CT molecular complexity index is 904. The Kier molecular flexibility index (Phi) is 7.81. The Balaban J connectivity index is 0.00000150. The van der Waals surface area contributed by atoms with Crippen LogP contribution in [-0.2, 0) is 10.2 Å². The smallest absolute Gasteiger partial charge is 0.309 e. The van der Waals surface area contributed by atoms with Gasteiger partial charge in [-0.25, -0.2) is 8.61 Å². The topological polar surface area (TPSA) is 55.9 Å². The third kappa shape index (κ3) is 4.64. The highest BCUT2D eigenvalue weighted by molar-refractivity contribution is 7.95. The van der Waals surface area contributed by atoms with E-state index in [0.29, 0.717) is 36.5 Å². The number of benzene rings is 2. The van der Waals surface area contributed by atoms with Gasteiger partial charge in [-0.1, -0.05) is 30.3 Å². The number of hydrogen-bond acceptors (Lipinski definition) is 4. The van der Waals surface area contributed by atoms with Gasteiger partial charge in [-0.3, -0.25) is 4.90 Å². The van der Waals surface area contributed by atoms with E-state index in [1.54, 1.807) is 4.31 Å². The molecule has 2 aromatic carbocycles. The maximum atomic E-state index is 13.4. The molecule has 4 rings (SSSR count). The SMILES string of the molecule is CC1CN(CCN2c3ccccc3N(c3ccccc3)S2(=O)=O)CC(C)N1.Cl.Cl. The zero-order valence-electron chi connectivity index (χ0n) is 16.6. The Labute approximate surface area is 185 Å². The van der Waals surface area contributed by atoms with E-state index in [1.807, 2.05) is 54.6 Å². The van der Waals surface area contributed by atoms with Crippen molar-refractivity contribution in [3.05, 3.63) is 54.6 Å². The van der Waals surface area contributed by atoms with Crippen LogP contribution in [0.1, 0.15) is 13.8 Å². The van der Waals surface area contributed by atoms with Gasteiger partial charge < -0.3 is 5.32 Å². The number of halogens is 2. The molecule has 2 atom stereocenters. The van der Waals surface area contributed by atoms with Crippen LogP contribution >= 0.6 is 24.8 Å². The van der Waals surface area contributed by atoms with Crippen LogP contribution < -0.4 is 13.9 Å². The first-order valence-electron chi connectivity index (χ1n) is 9.42. The first-order chi connectivity index (χ1) is 13.0. The second-order valence-corrected chi connectivity index (χ2v) is 9.10. The summed E-state index contributed by atoms with van der Waals surface area (Å²) in [5, 5.41) is 3.52. The van der Waals surface area contributed by atoms with Gasteiger partial charge in [0.1, 0.15) is 0 Å². The fourth-order valence-corrected chi connectivity index (χ4v) is 5.82. The van der Waals surface area contributed by atoms with Crippen LogP contribution in [-0.4, -0.2) is 51.6 Å². The molecule has 2 heterocycles. The lowest BCUT2D eigenvalue weighted by Gasteiger charge is -2.36. The Morgan fingerprint density at radius 3 is 2.03 bits per heavy atom. The lowest BCUT2D eigenvalue weighted by Crippen LogP contribution is -2.55. The molecule has 0 spiro atoms. The van der Waals surface area contributed by atoms with E-state index in [0.717, 1.165) is 18.8 Å². The minimum Gasteiger partial charge on any atom is -0.309 e. The van der Waals surface area contributed by atoms with Gasteiger partial charge in [-0.15, -0.1) is 24.8 Å². The van der Waals surface area contributed by atoms with E-state index >= 15 is 0 Å². The van der Waals surface area contributed by atoms with Crippen LogP contribution in [0.4, 0.5) is 17.1 Å². The van der Waals surface area contributed by atoms with Crippen LogP contribution in [0, 0.1) is 0 Å². The first kappa shape index (κ1) is 23.8. The molecular formula is C20H28Cl2N4O2S. The number of fused-ring (bicyclic) bond motifs is 1. The zero-order chi connectivity index (χ0) is 19.0. The van der Waals surface area contributed by atoms with E-state index in [9.17, 15) is 8.42 Å². The van der Waals surface area contributed by atoms with E-state index in [2.05, 4.69) is 24.1 Å². The average Bonchev–Trinajstić information content (AvgIpc) is 2.86. The first-order valence-corrected chi connectivity index (χ1v) is 10.8. The molecule has 6 nitrogen and oxygen atoms in total. The van der Waals surface area contributed by atoms with E-state index in [1.165, 1.54) is 4.31 Å². The fourth-order valence-electron chi connectivity index (χ4n) is 4.12. The number of para-hydroxylation sites is 3. The van der Waals surface area contributed by atoms with Crippen LogP contribution in [0.15, 0.2) is 54.6 Å². The average molecular weight is 459 g/mol. The summed E-state index contributed by atoms with van der Waals surface area (Å²) < 4.78 is 29.7. The molecule has 2 aliphatic rings. The van der Waals surface area contributed by atoms with Gasteiger partial charge in [0, 0.05) is 38.3 Å². The minimum absolute atomic E-state index is 0. The molecule has 160 valence electrons. The molecule has 2 unspecified atom stereocenters. The van der Waals surface area contributed by atoms with Gasteiger partial charge in [-0.05, 0) is 38.1 Å². The largest absolute Gasteiger partial charge is 0.331 e. The third-order valence-electron chi connectivity index (χ3n) is 5.12. The van der Waals surface area contributed by atoms with Crippen molar-refractivity contribution in [1.29, 1.82) is 0 Å². The molecule has 0 bridgehead atoms. The van der Waals surface area contributed by atoms with Crippen molar-refractivity contribution in [1.82, 2.24) is 10.2 Å². The van der Waals surface area contributed by atoms with Crippen molar-refractivity contribution in [3.63, 3.8) is 0 Å². The minimum atomic E-state index is -3.64. The number of anilines is 3. The summed E-state index contributed by atoms with van der Waals surface area (Å²) in [6.45, 7) is 7.36. The molecule has 29 heavy (non-hydrogen) atoms. The summed E-state index contributed by atoms with van der Waals surface area (Å²) in [6.07, 6.45) is 0.